The lowest BCUT2D eigenvalue weighted by Gasteiger charge is -2.08. The second-order valence-electron chi connectivity index (χ2n) is 5.60. The van der Waals surface area contributed by atoms with Gasteiger partial charge in [-0.1, -0.05) is 47.5 Å². The van der Waals surface area contributed by atoms with E-state index >= 15 is 0 Å². The van der Waals surface area contributed by atoms with Crippen LogP contribution in [-0.4, -0.2) is 17.5 Å². The molecule has 0 unspecified atom stereocenters. The van der Waals surface area contributed by atoms with Crippen LogP contribution in [-0.2, 0) is 11.3 Å². The Morgan fingerprint density at radius 3 is 2.81 bits per heavy atom. The van der Waals surface area contributed by atoms with Crippen molar-refractivity contribution in [2.24, 2.45) is 0 Å². The average molecular weight is 407 g/mol. The summed E-state index contributed by atoms with van der Waals surface area (Å²) in [6, 6.07) is 12.9. The molecular weight excluding hydrogens is 391 g/mol. The minimum Gasteiger partial charge on any atom is -0.482 e. The average Bonchev–Trinajstić information content (AvgIpc) is 3.08. The lowest BCUT2D eigenvalue weighted by Crippen LogP contribution is -2.28. The van der Waals surface area contributed by atoms with E-state index < -0.39 is 0 Å². The molecule has 0 saturated heterocycles. The fraction of sp³-hybridized carbons (Fsp3) is 0.158. The Bertz CT molecular complexity index is 927. The summed E-state index contributed by atoms with van der Waals surface area (Å²) in [5.74, 6) is 0.170. The van der Waals surface area contributed by atoms with Crippen molar-refractivity contribution in [2.45, 2.75) is 13.5 Å². The number of rotatable bonds is 6. The van der Waals surface area contributed by atoms with Crippen LogP contribution in [0.2, 0.25) is 10.0 Å². The van der Waals surface area contributed by atoms with Gasteiger partial charge in [0.1, 0.15) is 10.8 Å². The predicted octanol–water partition coefficient (Wildman–Crippen LogP) is 5.12. The molecule has 0 spiro atoms. The van der Waals surface area contributed by atoms with Crippen molar-refractivity contribution in [3.05, 3.63) is 69.1 Å². The van der Waals surface area contributed by atoms with Crippen molar-refractivity contribution >= 4 is 40.4 Å². The van der Waals surface area contributed by atoms with Gasteiger partial charge >= 0.3 is 0 Å². The molecule has 0 aliphatic heterocycles. The van der Waals surface area contributed by atoms with E-state index in [0.29, 0.717) is 22.3 Å². The van der Waals surface area contributed by atoms with Crippen LogP contribution in [0.15, 0.2) is 47.8 Å². The topological polar surface area (TPSA) is 51.2 Å². The summed E-state index contributed by atoms with van der Waals surface area (Å²) in [5.41, 5.74) is 3.09. The standard InChI is InChI=1S/C19H16Cl2N2O2S/c1-12-4-2-3-5-15(12)19-23-14(11-26-19)9-22-18(24)10-25-17-7-6-13(20)8-16(17)21/h2-8,11H,9-10H2,1H3,(H,22,24). The van der Waals surface area contributed by atoms with Gasteiger partial charge in [0.05, 0.1) is 17.3 Å². The molecule has 0 saturated carbocycles. The minimum atomic E-state index is -0.249. The highest BCUT2D eigenvalue weighted by molar-refractivity contribution is 7.13. The first-order valence-electron chi connectivity index (χ1n) is 7.88. The zero-order valence-electron chi connectivity index (χ0n) is 14.0. The molecule has 26 heavy (non-hydrogen) atoms. The fourth-order valence-electron chi connectivity index (χ4n) is 2.30. The summed E-state index contributed by atoms with van der Waals surface area (Å²) in [6.07, 6.45) is 0. The third kappa shape index (κ3) is 4.75. The zero-order valence-corrected chi connectivity index (χ0v) is 16.3. The molecule has 1 aromatic heterocycles. The van der Waals surface area contributed by atoms with Gasteiger partial charge in [-0.3, -0.25) is 4.79 Å². The number of nitrogens with zero attached hydrogens (tertiary/aromatic N) is 1. The van der Waals surface area contributed by atoms with E-state index in [1.807, 2.05) is 23.6 Å². The van der Waals surface area contributed by atoms with E-state index in [1.165, 1.54) is 5.56 Å². The summed E-state index contributed by atoms with van der Waals surface area (Å²) >= 11 is 13.4. The van der Waals surface area contributed by atoms with Gasteiger partial charge in [0, 0.05) is 16.0 Å². The number of carbonyl (C=O) groups excluding carboxylic acids is 1. The summed E-state index contributed by atoms with van der Waals surface area (Å²) < 4.78 is 5.41. The van der Waals surface area contributed by atoms with E-state index in [1.54, 1.807) is 29.5 Å². The first kappa shape index (κ1) is 18.7. The lowest BCUT2D eigenvalue weighted by atomic mass is 10.1. The number of carbonyl (C=O) groups is 1. The highest BCUT2D eigenvalue weighted by atomic mass is 35.5. The molecule has 0 atom stereocenters. The van der Waals surface area contributed by atoms with Crippen molar-refractivity contribution in [3.63, 3.8) is 0 Å². The number of hydrogen-bond acceptors (Lipinski definition) is 4. The quantitative estimate of drug-likeness (QED) is 0.617. The van der Waals surface area contributed by atoms with Crippen molar-refractivity contribution in [2.75, 3.05) is 6.61 Å². The van der Waals surface area contributed by atoms with Gasteiger partial charge in [-0.2, -0.15) is 0 Å². The van der Waals surface area contributed by atoms with Crippen molar-refractivity contribution in [3.8, 4) is 16.3 Å². The van der Waals surface area contributed by atoms with Crippen LogP contribution in [0.5, 0.6) is 5.75 Å². The summed E-state index contributed by atoms with van der Waals surface area (Å²) in [6.45, 7) is 2.27. The molecule has 134 valence electrons. The van der Waals surface area contributed by atoms with Crippen LogP contribution in [0.4, 0.5) is 0 Å². The molecule has 2 aromatic carbocycles. The SMILES string of the molecule is Cc1ccccc1-c1nc(CNC(=O)COc2ccc(Cl)cc2Cl)cs1. The van der Waals surface area contributed by atoms with Gasteiger partial charge in [0.25, 0.3) is 5.91 Å². The van der Waals surface area contributed by atoms with Crippen LogP contribution in [0, 0.1) is 6.92 Å². The maximum Gasteiger partial charge on any atom is 0.258 e. The molecule has 0 bridgehead atoms. The maximum atomic E-state index is 12.0. The monoisotopic (exact) mass is 406 g/mol. The first-order valence-corrected chi connectivity index (χ1v) is 9.51. The van der Waals surface area contributed by atoms with Crippen LogP contribution in [0.3, 0.4) is 0 Å². The van der Waals surface area contributed by atoms with Crippen LogP contribution >= 0.6 is 34.5 Å². The van der Waals surface area contributed by atoms with E-state index in [4.69, 9.17) is 27.9 Å². The summed E-state index contributed by atoms with van der Waals surface area (Å²) in [4.78, 5) is 16.6. The smallest absolute Gasteiger partial charge is 0.258 e. The second kappa shape index (κ2) is 8.54. The normalized spacial score (nSPS) is 10.6. The number of halogens is 2. The molecule has 3 aromatic rings. The molecule has 0 aliphatic carbocycles. The molecule has 3 rings (SSSR count). The maximum absolute atomic E-state index is 12.0. The molecule has 4 nitrogen and oxygen atoms in total. The number of hydrogen-bond donors (Lipinski definition) is 1. The number of nitrogens with one attached hydrogen (secondary N) is 1. The van der Waals surface area contributed by atoms with Gasteiger partial charge in [0.2, 0.25) is 0 Å². The number of benzene rings is 2. The Balaban J connectivity index is 1.53. The fourth-order valence-corrected chi connectivity index (χ4v) is 3.67. The molecule has 1 amide bonds. The third-order valence-corrected chi connectivity index (χ3v) is 5.10. The van der Waals surface area contributed by atoms with Gasteiger partial charge in [-0.25, -0.2) is 4.98 Å². The van der Waals surface area contributed by atoms with Crippen molar-refractivity contribution in [1.29, 1.82) is 0 Å². The molecule has 0 aliphatic rings. The van der Waals surface area contributed by atoms with E-state index in [9.17, 15) is 4.79 Å². The zero-order chi connectivity index (χ0) is 18.5. The van der Waals surface area contributed by atoms with Crippen LogP contribution in [0.25, 0.3) is 10.6 Å². The van der Waals surface area contributed by atoms with Gasteiger partial charge in [0.15, 0.2) is 6.61 Å². The van der Waals surface area contributed by atoms with E-state index in [-0.39, 0.29) is 12.5 Å². The van der Waals surface area contributed by atoms with Gasteiger partial charge < -0.3 is 10.1 Å². The first-order chi connectivity index (χ1) is 12.5. The van der Waals surface area contributed by atoms with Crippen LogP contribution < -0.4 is 10.1 Å². The molecule has 1 heterocycles. The van der Waals surface area contributed by atoms with Crippen LogP contribution in [0.1, 0.15) is 11.3 Å². The second-order valence-corrected chi connectivity index (χ2v) is 7.30. The predicted molar refractivity (Wildman–Crippen MR) is 106 cm³/mol. The Labute approximate surface area is 165 Å². The summed E-state index contributed by atoms with van der Waals surface area (Å²) in [5, 5.41) is 6.56. The Morgan fingerprint density at radius 1 is 1.23 bits per heavy atom. The third-order valence-electron chi connectivity index (χ3n) is 3.65. The minimum absolute atomic E-state index is 0.129. The number of thiazole rings is 1. The highest BCUT2D eigenvalue weighted by Gasteiger charge is 2.09. The van der Waals surface area contributed by atoms with Gasteiger partial charge in [-0.15, -0.1) is 11.3 Å². The largest absolute Gasteiger partial charge is 0.482 e. The number of amides is 1. The molecule has 1 N–H and O–H groups in total. The van der Waals surface area contributed by atoms with Gasteiger partial charge in [-0.05, 0) is 30.7 Å². The lowest BCUT2D eigenvalue weighted by molar-refractivity contribution is -0.123. The Morgan fingerprint density at radius 2 is 2.04 bits per heavy atom. The molecular formula is C19H16Cl2N2O2S. The summed E-state index contributed by atoms with van der Waals surface area (Å²) in [7, 11) is 0. The molecule has 0 radical (unpaired) electrons. The highest BCUT2D eigenvalue weighted by Crippen LogP contribution is 2.28. The Kier molecular flexibility index (Phi) is 6.14. The molecule has 0 fully saturated rings. The van der Waals surface area contributed by atoms with Crippen molar-refractivity contribution in [1.82, 2.24) is 10.3 Å². The van der Waals surface area contributed by atoms with E-state index in [0.717, 1.165) is 16.3 Å². The van der Waals surface area contributed by atoms with Crippen molar-refractivity contribution < 1.29 is 9.53 Å². The molecule has 7 heteroatoms. The Hall–Kier alpha value is -2.08. The number of aromatic nitrogens is 1. The number of aryl methyl sites for hydroxylation is 1. The van der Waals surface area contributed by atoms with E-state index in [2.05, 4.69) is 23.3 Å². The number of ether oxygens (including phenoxy) is 1.